The molecule has 0 atom stereocenters. The summed E-state index contributed by atoms with van der Waals surface area (Å²) in [7, 11) is 1.29. The van der Waals surface area contributed by atoms with Gasteiger partial charge in [0.1, 0.15) is 0 Å². The fourth-order valence-electron chi connectivity index (χ4n) is 4.34. The summed E-state index contributed by atoms with van der Waals surface area (Å²) in [6, 6.07) is 12.7. The maximum atomic E-state index is 13.6. The number of rotatable bonds is 4. The monoisotopic (exact) mass is 528 g/mol. The molecular formula is C27H23Cl3N2O3. The number of amides is 1. The van der Waals surface area contributed by atoms with E-state index in [0.717, 1.165) is 28.2 Å². The van der Waals surface area contributed by atoms with Crippen LogP contribution in [0, 0.1) is 20.8 Å². The van der Waals surface area contributed by atoms with Crippen molar-refractivity contribution in [2.45, 2.75) is 27.7 Å². The highest BCUT2D eigenvalue weighted by Gasteiger charge is 2.38. The first-order valence-corrected chi connectivity index (χ1v) is 11.9. The average molecular weight is 530 g/mol. The van der Waals surface area contributed by atoms with Crippen LogP contribution in [0.5, 0.6) is 0 Å². The Morgan fingerprint density at radius 1 is 0.971 bits per heavy atom. The smallest absolute Gasteiger partial charge is 0.340 e. The largest absolute Gasteiger partial charge is 0.465 e. The number of benzene rings is 2. The maximum Gasteiger partial charge on any atom is 0.340 e. The molecule has 35 heavy (non-hydrogen) atoms. The lowest BCUT2D eigenvalue weighted by atomic mass is 10.0. The molecule has 8 heteroatoms. The summed E-state index contributed by atoms with van der Waals surface area (Å²) in [6.07, 6.45) is 1.71. The van der Waals surface area contributed by atoms with Crippen molar-refractivity contribution in [3.05, 3.63) is 96.9 Å². The summed E-state index contributed by atoms with van der Waals surface area (Å²) in [5.41, 5.74) is 5.61. The molecule has 0 saturated heterocycles. The Bertz CT molecular complexity index is 1450. The molecule has 1 aromatic heterocycles. The highest BCUT2D eigenvalue weighted by molar-refractivity contribution is 6.43. The summed E-state index contributed by atoms with van der Waals surface area (Å²) in [6.45, 7) is 7.45. The molecule has 0 bridgehead atoms. The van der Waals surface area contributed by atoms with Crippen LogP contribution in [0.3, 0.4) is 0 Å². The van der Waals surface area contributed by atoms with Crippen LogP contribution in [0.1, 0.15) is 29.4 Å². The fourth-order valence-corrected chi connectivity index (χ4v) is 4.89. The van der Waals surface area contributed by atoms with Crippen molar-refractivity contribution >= 4 is 58.4 Å². The lowest BCUT2D eigenvalue weighted by Gasteiger charge is -2.18. The third-order valence-corrected chi connectivity index (χ3v) is 7.36. The molecular weight excluding hydrogens is 507 g/mol. The van der Waals surface area contributed by atoms with Crippen molar-refractivity contribution in [1.29, 1.82) is 0 Å². The number of hydrogen-bond acceptors (Lipinski definition) is 3. The highest BCUT2D eigenvalue weighted by Crippen LogP contribution is 2.38. The number of ether oxygens (including phenoxy) is 1. The van der Waals surface area contributed by atoms with Gasteiger partial charge in [-0.05, 0) is 75.2 Å². The van der Waals surface area contributed by atoms with Crippen molar-refractivity contribution in [3.63, 3.8) is 0 Å². The number of esters is 1. The minimum absolute atomic E-state index is 0.208. The number of carbonyl (C=O) groups is 2. The highest BCUT2D eigenvalue weighted by atomic mass is 35.5. The molecule has 3 aromatic rings. The number of halogens is 3. The molecule has 0 fully saturated rings. The van der Waals surface area contributed by atoms with Crippen LogP contribution in [-0.4, -0.2) is 23.6 Å². The molecule has 0 aliphatic carbocycles. The summed E-state index contributed by atoms with van der Waals surface area (Å²) in [5.74, 6) is -0.928. The van der Waals surface area contributed by atoms with Crippen LogP contribution < -0.4 is 4.90 Å². The molecule has 1 amide bonds. The van der Waals surface area contributed by atoms with Crippen molar-refractivity contribution in [3.8, 4) is 5.69 Å². The van der Waals surface area contributed by atoms with Gasteiger partial charge >= 0.3 is 5.97 Å². The Kier molecular flexibility index (Phi) is 6.87. The van der Waals surface area contributed by atoms with Gasteiger partial charge in [-0.3, -0.25) is 9.69 Å². The van der Waals surface area contributed by atoms with Gasteiger partial charge in [-0.2, -0.15) is 0 Å². The first kappa shape index (κ1) is 25.1. The van der Waals surface area contributed by atoms with Crippen molar-refractivity contribution in [2.75, 3.05) is 12.0 Å². The number of methoxy groups -OCH3 is 1. The van der Waals surface area contributed by atoms with E-state index in [1.165, 1.54) is 12.0 Å². The Morgan fingerprint density at radius 2 is 1.69 bits per heavy atom. The lowest BCUT2D eigenvalue weighted by Crippen LogP contribution is -2.24. The Balaban J connectivity index is 1.87. The minimum atomic E-state index is -0.588. The number of aromatic nitrogens is 1. The summed E-state index contributed by atoms with van der Waals surface area (Å²) < 4.78 is 6.99. The average Bonchev–Trinajstić information content (AvgIpc) is 3.23. The first-order chi connectivity index (χ1) is 16.6. The van der Waals surface area contributed by atoms with Crippen LogP contribution in [-0.2, 0) is 14.3 Å². The predicted octanol–water partition coefficient (Wildman–Crippen LogP) is 7.24. The van der Waals surface area contributed by atoms with E-state index < -0.39 is 5.97 Å². The van der Waals surface area contributed by atoms with Crippen LogP contribution >= 0.6 is 34.8 Å². The van der Waals surface area contributed by atoms with Crippen LogP contribution in [0.2, 0.25) is 15.1 Å². The molecule has 0 N–H and O–H groups in total. The summed E-state index contributed by atoms with van der Waals surface area (Å²) >= 11 is 19.0. The third kappa shape index (κ3) is 4.29. The quantitative estimate of drug-likeness (QED) is 0.264. The Hall–Kier alpha value is -2.99. The van der Waals surface area contributed by atoms with Gasteiger partial charge in [-0.25, -0.2) is 4.79 Å². The van der Waals surface area contributed by atoms with E-state index in [4.69, 9.17) is 39.5 Å². The van der Waals surface area contributed by atoms with E-state index in [0.29, 0.717) is 26.5 Å². The second kappa shape index (κ2) is 9.57. The molecule has 1 aliphatic heterocycles. The van der Waals surface area contributed by atoms with Gasteiger partial charge in [0.25, 0.3) is 5.91 Å². The van der Waals surface area contributed by atoms with E-state index in [9.17, 15) is 9.59 Å². The molecule has 0 saturated carbocycles. The number of carbonyl (C=O) groups excluding carboxylic acids is 2. The molecule has 0 unspecified atom stereocenters. The summed E-state index contributed by atoms with van der Waals surface area (Å²) in [4.78, 5) is 27.9. The van der Waals surface area contributed by atoms with Crippen molar-refractivity contribution < 1.29 is 14.3 Å². The van der Waals surface area contributed by atoms with Crippen LogP contribution in [0.4, 0.5) is 5.69 Å². The van der Waals surface area contributed by atoms with Gasteiger partial charge in [0.15, 0.2) is 0 Å². The zero-order valence-electron chi connectivity index (χ0n) is 19.9. The van der Waals surface area contributed by atoms with Crippen LogP contribution in [0.25, 0.3) is 11.8 Å². The SMILES string of the molecule is COC(=O)C1=C(C)N(c2ccc(C)c(Cl)c2)C(=O)/C1=C\c1cc(C)n(-c2cccc(Cl)c2Cl)c1C. The van der Waals surface area contributed by atoms with Crippen molar-refractivity contribution in [1.82, 2.24) is 4.57 Å². The second-order valence-electron chi connectivity index (χ2n) is 8.32. The van der Waals surface area contributed by atoms with Gasteiger partial charge in [-0.1, -0.05) is 46.9 Å². The number of anilines is 1. The maximum absolute atomic E-state index is 13.6. The molecule has 2 aromatic carbocycles. The zero-order valence-corrected chi connectivity index (χ0v) is 22.1. The standard InChI is InChI=1S/C27H23Cl3N2O3/c1-14-9-10-19(13-22(14)29)32-17(4)24(27(34)35-5)20(26(32)33)12-18-11-15(2)31(16(18)3)23-8-6-7-21(28)25(23)30/h6-13H,1-5H3/b20-12-. The molecule has 0 spiro atoms. The molecule has 180 valence electrons. The minimum Gasteiger partial charge on any atom is -0.465 e. The van der Waals surface area contributed by atoms with E-state index in [1.807, 2.05) is 49.6 Å². The Morgan fingerprint density at radius 3 is 2.34 bits per heavy atom. The Labute approximate surface area is 219 Å². The van der Waals surface area contributed by atoms with E-state index in [1.54, 1.807) is 31.2 Å². The van der Waals surface area contributed by atoms with Crippen molar-refractivity contribution in [2.24, 2.45) is 0 Å². The number of nitrogens with zero attached hydrogens (tertiary/aromatic N) is 2. The number of aryl methyl sites for hydroxylation is 2. The zero-order chi connectivity index (χ0) is 25.6. The lowest BCUT2D eigenvalue weighted by molar-refractivity contribution is -0.136. The molecule has 1 aliphatic rings. The van der Waals surface area contributed by atoms with Gasteiger partial charge in [0, 0.05) is 22.1 Å². The molecule has 2 heterocycles. The van der Waals surface area contributed by atoms with E-state index >= 15 is 0 Å². The molecule has 5 nitrogen and oxygen atoms in total. The molecule has 0 radical (unpaired) electrons. The van der Waals surface area contributed by atoms with Gasteiger partial charge in [0.2, 0.25) is 0 Å². The van der Waals surface area contributed by atoms with Gasteiger partial charge < -0.3 is 9.30 Å². The predicted molar refractivity (Wildman–Crippen MR) is 142 cm³/mol. The summed E-state index contributed by atoms with van der Waals surface area (Å²) in [5, 5.41) is 1.41. The van der Waals surface area contributed by atoms with E-state index in [-0.39, 0.29) is 17.1 Å². The topological polar surface area (TPSA) is 51.5 Å². The van der Waals surface area contributed by atoms with E-state index in [2.05, 4.69) is 0 Å². The normalized spacial score (nSPS) is 14.9. The number of allylic oxidation sites excluding steroid dienone is 1. The number of hydrogen-bond donors (Lipinski definition) is 0. The second-order valence-corrected chi connectivity index (χ2v) is 9.51. The third-order valence-electron chi connectivity index (χ3n) is 6.15. The fraction of sp³-hybridized carbons (Fsp3) is 0.185. The molecule has 4 rings (SSSR count). The first-order valence-electron chi connectivity index (χ1n) is 10.8. The van der Waals surface area contributed by atoms with Gasteiger partial charge in [0.05, 0.1) is 39.7 Å². The van der Waals surface area contributed by atoms with Crippen LogP contribution in [0.15, 0.2) is 59.3 Å². The van der Waals surface area contributed by atoms with Gasteiger partial charge in [-0.15, -0.1) is 0 Å².